The number of pyridine rings is 1. The highest BCUT2D eigenvalue weighted by atomic mass is 16.5. The van der Waals surface area contributed by atoms with Crippen LogP contribution in [-0.4, -0.2) is 60.0 Å². The van der Waals surface area contributed by atoms with Gasteiger partial charge in [-0.15, -0.1) is 0 Å². The van der Waals surface area contributed by atoms with Crippen molar-refractivity contribution in [1.29, 1.82) is 0 Å². The van der Waals surface area contributed by atoms with Crippen LogP contribution < -0.4 is 15.4 Å². The summed E-state index contributed by atoms with van der Waals surface area (Å²) in [7, 11) is 1.53. The summed E-state index contributed by atoms with van der Waals surface area (Å²) in [6.45, 7) is 8.47. The van der Waals surface area contributed by atoms with E-state index in [0.717, 1.165) is 0 Å². The van der Waals surface area contributed by atoms with E-state index in [-0.39, 0.29) is 43.7 Å². The second kappa shape index (κ2) is 13.4. The third kappa shape index (κ3) is 9.36. The Labute approximate surface area is 207 Å². The first-order valence-electron chi connectivity index (χ1n) is 11.7. The number of hydrogen-bond acceptors (Lipinski definition) is 6. The predicted molar refractivity (Wildman–Crippen MR) is 134 cm³/mol. The molecule has 1 aromatic carbocycles. The zero-order valence-electron chi connectivity index (χ0n) is 21.2. The molecule has 0 aliphatic rings. The number of rotatable bonds is 12. The van der Waals surface area contributed by atoms with E-state index in [9.17, 15) is 14.4 Å². The minimum atomic E-state index is -0.897. The molecule has 1 atom stereocenters. The van der Waals surface area contributed by atoms with Gasteiger partial charge in [0.25, 0.3) is 0 Å². The van der Waals surface area contributed by atoms with Gasteiger partial charge in [0, 0.05) is 38.2 Å². The summed E-state index contributed by atoms with van der Waals surface area (Å²) in [5.74, 6) is 0.107. The molecule has 35 heavy (non-hydrogen) atoms. The standard InChI is InChI=1S/C26H36N4O5/c1-6-35-20-12-10-19(11-13-20)24(25(33)29-26(2,3)4)30(17-18-34-5)23(32)15-14-22(31)28-21-9-7-8-16-27-21/h7-13,16,24H,6,14-15,17-18H2,1-5H3,(H,29,33)(H,27,28,31)/t24-/m0/s1. The maximum Gasteiger partial charge on any atom is 0.247 e. The number of anilines is 1. The number of nitrogens with one attached hydrogen (secondary N) is 2. The van der Waals surface area contributed by atoms with Gasteiger partial charge in [0.1, 0.15) is 17.6 Å². The normalized spacial score (nSPS) is 11.9. The maximum absolute atomic E-state index is 13.4. The summed E-state index contributed by atoms with van der Waals surface area (Å²) in [6, 6.07) is 11.4. The lowest BCUT2D eigenvalue weighted by atomic mass is 10.0. The monoisotopic (exact) mass is 484 g/mol. The number of carbonyl (C=O) groups excluding carboxylic acids is 3. The van der Waals surface area contributed by atoms with E-state index in [0.29, 0.717) is 23.7 Å². The van der Waals surface area contributed by atoms with Crippen LogP contribution in [0.4, 0.5) is 5.82 Å². The first-order chi connectivity index (χ1) is 16.6. The molecule has 0 bridgehead atoms. The fourth-order valence-corrected chi connectivity index (χ4v) is 3.42. The van der Waals surface area contributed by atoms with Crippen molar-refractivity contribution in [1.82, 2.24) is 15.2 Å². The lowest BCUT2D eigenvalue weighted by Gasteiger charge is -2.33. The van der Waals surface area contributed by atoms with Gasteiger partial charge in [-0.05, 0) is 57.5 Å². The summed E-state index contributed by atoms with van der Waals surface area (Å²) in [5, 5.41) is 5.65. The molecule has 2 aromatic rings. The Kier molecular flexibility index (Phi) is 10.7. The van der Waals surface area contributed by atoms with Crippen molar-refractivity contribution in [3.63, 3.8) is 0 Å². The highest BCUT2D eigenvalue weighted by Gasteiger charge is 2.33. The minimum absolute atomic E-state index is 0.0459. The fraction of sp³-hybridized carbons (Fsp3) is 0.462. The molecule has 0 unspecified atom stereocenters. The Hall–Kier alpha value is -3.46. The third-order valence-electron chi connectivity index (χ3n) is 4.92. The molecular weight excluding hydrogens is 448 g/mol. The molecule has 3 amide bonds. The molecule has 0 radical (unpaired) electrons. The molecule has 0 aliphatic carbocycles. The van der Waals surface area contributed by atoms with Gasteiger partial charge in [-0.25, -0.2) is 4.98 Å². The van der Waals surface area contributed by atoms with E-state index in [4.69, 9.17) is 9.47 Å². The van der Waals surface area contributed by atoms with E-state index < -0.39 is 11.6 Å². The van der Waals surface area contributed by atoms with Gasteiger partial charge in [0.2, 0.25) is 17.7 Å². The van der Waals surface area contributed by atoms with Crippen LogP contribution in [0.3, 0.4) is 0 Å². The van der Waals surface area contributed by atoms with Crippen LogP contribution in [0.5, 0.6) is 5.75 Å². The van der Waals surface area contributed by atoms with E-state index >= 15 is 0 Å². The molecule has 0 fully saturated rings. The SMILES string of the molecule is CCOc1ccc([C@@H](C(=O)NC(C)(C)C)N(CCOC)C(=O)CCC(=O)Nc2ccccn2)cc1. The fourth-order valence-electron chi connectivity index (χ4n) is 3.42. The van der Waals surface area contributed by atoms with Crippen LogP contribution in [0.25, 0.3) is 0 Å². The zero-order chi connectivity index (χ0) is 25.8. The number of nitrogens with zero attached hydrogens (tertiary/aromatic N) is 2. The van der Waals surface area contributed by atoms with Crippen molar-refractivity contribution in [2.75, 3.05) is 32.2 Å². The van der Waals surface area contributed by atoms with Crippen molar-refractivity contribution in [3.8, 4) is 5.75 Å². The summed E-state index contributed by atoms with van der Waals surface area (Å²) in [4.78, 5) is 44.6. The van der Waals surface area contributed by atoms with E-state index in [1.807, 2.05) is 27.7 Å². The molecule has 190 valence electrons. The van der Waals surface area contributed by atoms with Gasteiger partial charge in [0.05, 0.1) is 13.2 Å². The van der Waals surface area contributed by atoms with E-state index in [1.165, 1.54) is 12.0 Å². The van der Waals surface area contributed by atoms with Crippen molar-refractivity contribution in [2.24, 2.45) is 0 Å². The molecule has 0 saturated carbocycles. The number of hydrogen-bond donors (Lipinski definition) is 2. The highest BCUT2D eigenvalue weighted by molar-refractivity contribution is 5.94. The highest BCUT2D eigenvalue weighted by Crippen LogP contribution is 2.26. The van der Waals surface area contributed by atoms with Crippen LogP contribution in [0.2, 0.25) is 0 Å². The summed E-state index contributed by atoms with van der Waals surface area (Å²) < 4.78 is 10.7. The summed E-state index contributed by atoms with van der Waals surface area (Å²) in [5.41, 5.74) is 0.136. The number of amides is 3. The molecule has 2 rings (SSSR count). The second-order valence-corrected chi connectivity index (χ2v) is 8.99. The molecule has 9 nitrogen and oxygen atoms in total. The van der Waals surface area contributed by atoms with Crippen LogP contribution >= 0.6 is 0 Å². The topological polar surface area (TPSA) is 110 Å². The van der Waals surface area contributed by atoms with E-state index in [1.54, 1.807) is 48.7 Å². The van der Waals surface area contributed by atoms with Crippen LogP contribution in [0.15, 0.2) is 48.7 Å². The Balaban J connectivity index is 2.26. The number of benzene rings is 1. The summed E-state index contributed by atoms with van der Waals surface area (Å²) in [6.07, 6.45) is 1.46. The number of aromatic nitrogens is 1. The number of ether oxygens (including phenoxy) is 2. The Bertz CT molecular complexity index is 958. The van der Waals surface area contributed by atoms with Crippen molar-refractivity contribution in [3.05, 3.63) is 54.2 Å². The molecule has 0 aliphatic heterocycles. The predicted octanol–water partition coefficient (Wildman–Crippen LogP) is 3.33. The average Bonchev–Trinajstić information content (AvgIpc) is 2.80. The van der Waals surface area contributed by atoms with Gasteiger partial charge in [-0.2, -0.15) is 0 Å². The number of carbonyl (C=O) groups is 3. The Morgan fingerprint density at radius 1 is 1.06 bits per heavy atom. The Morgan fingerprint density at radius 3 is 2.34 bits per heavy atom. The number of methoxy groups -OCH3 is 1. The summed E-state index contributed by atoms with van der Waals surface area (Å²) >= 11 is 0. The minimum Gasteiger partial charge on any atom is -0.494 e. The third-order valence-corrected chi connectivity index (χ3v) is 4.92. The lowest BCUT2D eigenvalue weighted by Crippen LogP contribution is -2.50. The molecular formula is C26H36N4O5. The quantitative estimate of drug-likeness (QED) is 0.478. The molecule has 1 heterocycles. The van der Waals surface area contributed by atoms with Crippen molar-refractivity contribution < 1.29 is 23.9 Å². The van der Waals surface area contributed by atoms with Crippen molar-refractivity contribution >= 4 is 23.5 Å². The largest absolute Gasteiger partial charge is 0.494 e. The molecule has 0 spiro atoms. The molecule has 0 saturated heterocycles. The van der Waals surface area contributed by atoms with Gasteiger partial charge < -0.3 is 25.0 Å². The Morgan fingerprint density at radius 2 is 1.77 bits per heavy atom. The van der Waals surface area contributed by atoms with E-state index in [2.05, 4.69) is 15.6 Å². The maximum atomic E-state index is 13.4. The van der Waals surface area contributed by atoms with Gasteiger partial charge >= 0.3 is 0 Å². The van der Waals surface area contributed by atoms with Gasteiger partial charge in [0.15, 0.2) is 0 Å². The van der Waals surface area contributed by atoms with Crippen molar-refractivity contribution in [2.45, 2.75) is 52.1 Å². The van der Waals surface area contributed by atoms with Gasteiger partial charge in [-0.1, -0.05) is 18.2 Å². The smallest absolute Gasteiger partial charge is 0.247 e. The average molecular weight is 485 g/mol. The first-order valence-corrected chi connectivity index (χ1v) is 11.7. The lowest BCUT2D eigenvalue weighted by molar-refractivity contribution is -0.142. The van der Waals surface area contributed by atoms with Crippen LogP contribution in [0.1, 0.15) is 52.1 Å². The van der Waals surface area contributed by atoms with Gasteiger partial charge in [-0.3, -0.25) is 14.4 Å². The molecule has 1 aromatic heterocycles. The zero-order valence-corrected chi connectivity index (χ0v) is 21.2. The molecule has 2 N–H and O–H groups in total. The molecule has 9 heteroatoms. The van der Waals surface area contributed by atoms with Crippen LogP contribution in [-0.2, 0) is 19.1 Å². The first kappa shape index (κ1) is 27.8. The second-order valence-electron chi connectivity index (χ2n) is 8.99. The van der Waals surface area contributed by atoms with Crippen LogP contribution in [0, 0.1) is 0 Å².